The molecule has 4 heteroatoms. The summed E-state index contributed by atoms with van der Waals surface area (Å²) < 4.78 is 10.9. The zero-order valence-electron chi connectivity index (χ0n) is 11.6. The molecule has 104 valence electrons. The Kier molecular flexibility index (Phi) is 2.84. The molecule has 0 aromatic carbocycles. The Morgan fingerprint density at radius 1 is 1.53 bits per heavy atom. The van der Waals surface area contributed by atoms with Crippen LogP contribution in [0.2, 0.25) is 0 Å². The van der Waals surface area contributed by atoms with Crippen molar-refractivity contribution in [1.82, 2.24) is 0 Å². The lowest BCUT2D eigenvalue weighted by atomic mass is 9.81. The summed E-state index contributed by atoms with van der Waals surface area (Å²) in [6.45, 7) is 6.03. The number of rotatable bonds is 3. The van der Waals surface area contributed by atoms with Crippen molar-refractivity contribution >= 4 is 5.97 Å². The van der Waals surface area contributed by atoms with Crippen LogP contribution in [0.1, 0.15) is 40.0 Å². The minimum atomic E-state index is -0.683. The molecule has 2 fully saturated rings. The molecule has 19 heavy (non-hydrogen) atoms. The van der Waals surface area contributed by atoms with E-state index in [0.29, 0.717) is 18.4 Å². The first-order valence-electron chi connectivity index (χ1n) is 6.85. The van der Waals surface area contributed by atoms with E-state index in [1.54, 1.807) is 0 Å². The molecule has 3 aliphatic rings. The van der Waals surface area contributed by atoms with Crippen LogP contribution in [0.4, 0.5) is 0 Å². The Balaban J connectivity index is 1.82. The molecule has 0 amide bonds. The van der Waals surface area contributed by atoms with Crippen LogP contribution in [0.3, 0.4) is 0 Å². The highest BCUT2D eigenvalue weighted by Crippen LogP contribution is 2.52. The topological polar surface area (TPSA) is 59.1 Å². The van der Waals surface area contributed by atoms with Crippen molar-refractivity contribution in [1.29, 1.82) is 0 Å². The molecule has 1 N–H and O–H groups in total. The molecule has 0 spiro atoms. The quantitative estimate of drug-likeness (QED) is 0.480. The van der Waals surface area contributed by atoms with Crippen molar-refractivity contribution in [2.45, 2.75) is 63.9 Å². The van der Waals surface area contributed by atoms with Crippen LogP contribution < -0.4 is 0 Å². The fraction of sp³-hybridized carbons (Fsp3) is 0.667. The van der Waals surface area contributed by atoms with Crippen LogP contribution in [0.5, 0.6) is 0 Å². The Morgan fingerprint density at radius 3 is 2.95 bits per heavy atom. The fourth-order valence-electron chi connectivity index (χ4n) is 3.20. The van der Waals surface area contributed by atoms with Crippen molar-refractivity contribution in [3.8, 4) is 0 Å². The van der Waals surface area contributed by atoms with Crippen LogP contribution in [-0.4, -0.2) is 35.0 Å². The molecule has 0 radical (unpaired) electrons. The van der Waals surface area contributed by atoms with Gasteiger partial charge < -0.3 is 14.6 Å². The first-order chi connectivity index (χ1) is 8.92. The van der Waals surface area contributed by atoms with Crippen molar-refractivity contribution < 1.29 is 19.4 Å². The number of fused-ring (bicyclic) bond motifs is 2. The Hall–Kier alpha value is -1.13. The second-order valence-electron chi connectivity index (χ2n) is 6.15. The molecule has 0 aromatic rings. The molecule has 0 aromatic heterocycles. The molecule has 2 heterocycles. The van der Waals surface area contributed by atoms with E-state index in [1.165, 1.54) is 5.57 Å². The smallest absolute Gasteiger partial charge is 0.334 e. The first-order valence-corrected chi connectivity index (χ1v) is 6.85. The molecule has 0 unspecified atom stereocenters. The number of carbonyl (C=O) groups is 1. The normalized spacial score (nSPS) is 39.6. The van der Waals surface area contributed by atoms with E-state index < -0.39 is 6.10 Å². The van der Waals surface area contributed by atoms with Gasteiger partial charge in [0.1, 0.15) is 18.3 Å². The molecule has 2 aliphatic heterocycles. The van der Waals surface area contributed by atoms with Gasteiger partial charge in [-0.2, -0.15) is 0 Å². The minimum Gasteiger partial charge on any atom is -0.454 e. The zero-order valence-corrected chi connectivity index (χ0v) is 11.6. The minimum absolute atomic E-state index is 0.160. The van der Waals surface area contributed by atoms with Gasteiger partial charge in [-0.1, -0.05) is 11.6 Å². The number of aliphatic hydroxyl groups excluding tert-OH is 1. The maximum absolute atomic E-state index is 11.9. The maximum Gasteiger partial charge on any atom is 0.334 e. The van der Waals surface area contributed by atoms with Gasteiger partial charge in [0.05, 0.1) is 5.60 Å². The van der Waals surface area contributed by atoms with E-state index in [9.17, 15) is 9.90 Å². The van der Waals surface area contributed by atoms with Crippen LogP contribution in [0, 0.1) is 0 Å². The number of ether oxygens (including phenoxy) is 2. The van der Waals surface area contributed by atoms with Crippen molar-refractivity contribution in [2.24, 2.45) is 0 Å². The lowest BCUT2D eigenvalue weighted by molar-refractivity contribution is -0.140. The Morgan fingerprint density at radius 2 is 2.26 bits per heavy atom. The SMILES string of the molecule is CC(C)=CCCC1=C2[C@H](C[C@@]3(C)O[C@H]3[C@H]2O)OC1=O. The number of allylic oxidation sites excluding steroid dienone is 2. The predicted octanol–water partition coefficient (Wildman–Crippen LogP) is 1.88. The first kappa shape index (κ1) is 12.9. The number of hydrogen-bond acceptors (Lipinski definition) is 4. The number of epoxide rings is 1. The zero-order chi connectivity index (χ0) is 13.8. The van der Waals surface area contributed by atoms with Crippen molar-refractivity contribution in [3.05, 3.63) is 22.8 Å². The third kappa shape index (κ3) is 2.03. The lowest BCUT2D eigenvalue weighted by Crippen LogP contribution is -2.38. The Labute approximate surface area is 113 Å². The molecule has 1 aliphatic carbocycles. The van der Waals surface area contributed by atoms with Gasteiger partial charge in [-0.15, -0.1) is 0 Å². The van der Waals surface area contributed by atoms with Gasteiger partial charge >= 0.3 is 5.97 Å². The van der Waals surface area contributed by atoms with Crippen molar-refractivity contribution in [3.63, 3.8) is 0 Å². The van der Waals surface area contributed by atoms with Gasteiger partial charge in [0, 0.05) is 17.6 Å². The van der Waals surface area contributed by atoms with Crippen LogP contribution in [-0.2, 0) is 14.3 Å². The van der Waals surface area contributed by atoms with E-state index in [-0.39, 0.29) is 23.8 Å². The monoisotopic (exact) mass is 264 g/mol. The molecular weight excluding hydrogens is 244 g/mol. The summed E-state index contributed by atoms with van der Waals surface area (Å²) in [6.07, 6.45) is 3.08. The summed E-state index contributed by atoms with van der Waals surface area (Å²) in [7, 11) is 0. The van der Waals surface area contributed by atoms with E-state index in [2.05, 4.69) is 6.08 Å². The van der Waals surface area contributed by atoms with Crippen LogP contribution in [0.15, 0.2) is 22.8 Å². The van der Waals surface area contributed by atoms with E-state index in [0.717, 1.165) is 12.0 Å². The summed E-state index contributed by atoms with van der Waals surface area (Å²) in [5.74, 6) is -0.258. The second kappa shape index (κ2) is 4.18. The number of esters is 1. The van der Waals surface area contributed by atoms with E-state index >= 15 is 0 Å². The van der Waals surface area contributed by atoms with Gasteiger partial charge in [0.2, 0.25) is 0 Å². The van der Waals surface area contributed by atoms with Gasteiger partial charge in [-0.25, -0.2) is 4.79 Å². The average Bonchev–Trinajstić information content (AvgIpc) is 2.89. The molecular formula is C15H20O4. The molecule has 0 bridgehead atoms. The standard InChI is InChI=1S/C15H20O4/c1-8(2)5-4-6-9-11-10(18-14(9)17)7-15(3)13(19-15)12(11)16/h5,10,12-13,16H,4,6-7H2,1-3H3/t10-,12-,13-,15+/m0/s1. The highest BCUT2D eigenvalue weighted by molar-refractivity contribution is 5.92. The predicted molar refractivity (Wildman–Crippen MR) is 69.5 cm³/mol. The molecule has 3 rings (SSSR count). The second-order valence-corrected chi connectivity index (χ2v) is 6.15. The Bertz CT molecular complexity index is 482. The molecule has 1 saturated heterocycles. The average molecular weight is 264 g/mol. The highest BCUT2D eigenvalue weighted by Gasteiger charge is 2.64. The molecule has 1 saturated carbocycles. The number of aliphatic hydroxyl groups is 1. The fourth-order valence-corrected chi connectivity index (χ4v) is 3.20. The maximum atomic E-state index is 11.9. The number of carbonyl (C=O) groups excluding carboxylic acids is 1. The van der Waals surface area contributed by atoms with Gasteiger partial charge in [-0.3, -0.25) is 0 Å². The summed E-state index contributed by atoms with van der Waals surface area (Å²) in [5, 5.41) is 10.3. The summed E-state index contributed by atoms with van der Waals surface area (Å²) in [4.78, 5) is 11.9. The third-order valence-corrected chi connectivity index (χ3v) is 4.27. The van der Waals surface area contributed by atoms with Gasteiger partial charge in [0.25, 0.3) is 0 Å². The van der Waals surface area contributed by atoms with E-state index in [4.69, 9.17) is 9.47 Å². The highest BCUT2D eigenvalue weighted by atomic mass is 16.6. The third-order valence-electron chi connectivity index (χ3n) is 4.27. The molecule has 4 nitrogen and oxygen atoms in total. The van der Waals surface area contributed by atoms with Gasteiger partial charge in [-0.05, 0) is 33.6 Å². The largest absolute Gasteiger partial charge is 0.454 e. The number of hydrogen-bond donors (Lipinski definition) is 1. The van der Waals surface area contributed by atoms with E-state index in [1.807, 2.05) is 20.8 Å². The summed E-state index contributed by atoms with van der Waals surface area (Å²) >= 11 is 0. The summed E-state index contributed by atoms with van der Waals surface area (Å²) in [6, 6.07) is 0. The van der Waals surface area contributed by atoms with Crippen LogP contribution >= 0.6 is 0 Å². The summed E-state index contributed by atoms with van der Waals surface area (Å²) in [5.41, 5.74) is 2.36. The van der Waals surface area contributed by atoms with Gasteiger partial charge in [0.15, 0.2) is 0 Å². The van der Waals surface area contributed by atoms with Crippen LogP contribution in [0.25, 0.3) is 0 Å². The molecule has 4 atom stereocenters. The lowest BCUT2D eigenvalue weighted by Gasteiger charge is -2.25. The van der Waals surface area contributed by atoms with Crippen molar-refractivity contribution in [2.75, 3.05) is 0 Å².